The number of halogens is 1. The van der Waals surface area contributed by atoms with Crippen LogP contribution in [0.4, 0.5) is 10.1 Å². The molecule has 0 aromatic heterocycles. The van der Waals surface area contributed by atoms with Gasteiger partial charge in [0.2, 0.25) is 0 Å². The van der Waals surface area contributed by atoms with E-state index in [-0.39, 0.29) is 11.9 Å². The first kappa shape index (κ1) is 12.7. The van der Waals surface area contributed by atoms with Crippen LogP contribution in [-0.4, -0.2) is 13.6 Å². The van der Waals surface area contributed by atoms with Gasteiger partial charge in [-0.05, 0) is 26.0 Å². The lowest BCUT2D eigenvalue weighted by molar-refractivity contribution is 0.593. The van der Waals surface area contributed by atoms with Gasteiger partial charge in [0.05, 0.1) is 0 Å². The first-order chi connectivity index (χ1) is 7.43. The van der Waals surface area contributed by atoms with Crippen LogP contribution in [0, 0.1) is 5.82 Å². The van der Waals surface area contributed by atoms with Crippen molar-refractivity contribution < 1.29 is 4.39 Å². The monoisotopic (exact) mass is 222 g/mol. The Morgan fingerprint density at radius 3 is 2.69 bits per heavy atom. The van der Waals surface area contributed by atoms with Gasteiger partial charge in [0.15, 0.2) is 0 Å². The van der Waals surface area contributed by atoms with Crippen molar-refractivity contribution in [3.63, 3.8) is 0 Å². The third kappa shape index (κ3) is 2.83. The number of likely N-dealkylation sites (N-methyl/N-ethyl adjacent to an activating group) is 1. The zero-order chi connectivity index (χ0) is 12.3. The van der Waals surface area contributed by atoms with Crippen molar-refractivity contribution in [2.45, 2.75) is 19.9 Å². The highest BCUT2D eigenvalue weighted by Gasteiger charge is 2.15. The standard InChI is InChI=1S/C13H19FN2/c1-9(2)8-16(4)12-7-5-6-11(14)13(12)10(3)15/h5-7,10H,1,8,15H2,2-4H3. The average molecular weight is 222 g/mol. The van der Waals surface area contributed by atoms with E-state index in [9.17, 15) is 4.39 Å². The normalized spacial score (nSPS) is 12.3. The average Bonchev–Trinajstić information content (AvgIpc) is 2.15. The Labute approximate surface area is 96.6 Å². The maximum atomic E-state index is 13.7. The lowest BCUT2D eigenvalue weighted by Gasteiger charge is -2.24. The van der Waals surface area contributed by atoms with E-state index in [1.54, 1.807) is 13.0 Å². The van der Waals surface area contributed by atoms with Crippen LogP contribution in [0.3, 0.4) is 0 Å². The Morgan fingerprint density at radius 2 is 2.19 bits per heavy atom. The molecule has 0 bridgehead atoms. The van der Waals surface area contributed by atoms with Crippen LogP contribution in [0.15, 0.2) is 30.4 Å². The quantitative estimate of drug-likeness (QED) is 0.794. The molecule has 0 aliphatic carbocycles. The summed E-state index contributed by atoms with van der Waals surface area (Å²) in [4.78, 5) is 1.96. The number of nitrogens with two attached hydrogens (primary N) is 1. The van der Waals surface area contributed by atoms with Gasteiger partial charge in [0, 0.05) is 30.9 Å². The highest BCUT2D eigenvalue weighted by atomic mass is 19.1. The molecule has 1 aromatic rings. The van der Waals surface area contributed by atoms with Crippen LogP contribution in [0.25, 0.3) is 0 Å². The van der Waals surface area contributed by atoms with E-state index >= 15 is 0 Å². The Balaban J connectivity index is 3.12. The fourth-order valence-corrected chi connectivity index (χ4v) is 1.80. The minimum Gasteiger partial charge on any atom is -0.370 e. The van der Waals surface area contributed by atoms with Gasteiger partial charge in [0.25, 0.3) is 0 Å². The second kappa shape index (κ2) is 5.12. The second-order valence-corrected chi connectivity index (χ2v) is 4.27. The van der Waals surface area contributed by atoms with E-state index in [4.69, 9.17) is 5.73 Å². The molecule has 0 amide bonds. The highest BCUT2D eigenvalue weighted by molar-refractivity contribution is 5.55. The van der Waals surface area contributed by atoms with E-state index in [0.717, 1.165) is 11.3 Å². The molecular weight excluding hydrogens is 203 g/mol. The summed E-state index contributed by atoms with van der Waals surface area (Å²) >= 11 is 0. The molecule has 0 saturated carbocycles. The van der Waals surface area contributed by atoms with Gasteiger partial charge in [-0.25, -0.2) is 4.39 Å². The molecule has 0 heterocycles. The minimum absolute atomic E-state index is 0.249. The first-order valence-electron chi connectivity index (χ1n) is 5.33. The van der Waals surface area contributed by atoms with Crippen molar-refractivity contribution in [1.29, 1.82) is 0 Å². The number of benzene rings is 1. The van der Waals surface area contributed by atoms with Gasteiger partial charge in [0.1, 0.15) is 5.82 Å². The second-order valence-electron chi connectivity index (χ2n) is 4.27. The molecular formula is C13H19FN2. The Hall–Kier alpha value is -1.35. The molecule has 0 aliphatic heterocycles. The fraction of sp³-hybridized carbons (Fsp3) is 0.385. The Bertz CT molecular complexity index is 386. The van der Waals surface area contributed by atoms with E-state index in [0.29, 0.717) is 12.1 Å². The summed E-state index contributed by atoms with van der Waals surface area (Å²) in [5, 5.41) is 0. The highest BCUT2D eigenvalue weighted by Crippen LogP contribution is 2.27. The van der Waals surface area contributed by atoms with Crippen LogP contribution in [0.2, 0.25) is 0 Å². The molecule has 88 valence electrons. The van der Waals surface area contributed by atoms with Gasteiger partial charge < -0.3 is 10.6 Å². The molecule has 0 spiro atoms. The van der Waals surface area contributed by atoms with Gasteiger partial charge >= 0.3 is 0 Å². The predicted molar refractivity (Wildman–Crippen MR) is 67.1 cm³/mol. The molecule has 16 heavy (non-hydrogen) atoms. The SMILES string of the molecule is C=C(C)CN(C)c1cccc(F)c1C(C)N. The predicted octanol–water partition coefficient (Wildman–Crippen LogP) is 2.86. The van der Waals surface area contributed by atoms with Crippen molar-refractivity contribution in [3.8, 4) is 0 Å². The molecule has 0 fully saturated rings. The van der Waals surface area contributed by atoms with Crippen LogP contribution >= 0.6 is 0 Å². The summed E-state index contributed by atoms with van der Waals surface area (Å²) in [6.45, 7) is 8.28. The van der Waals surface area contributed by atoms with E-state index < -0.39 is 0 Å². The molecule has 1 atom stereocenters. The third-order valence-electron chi connectivity index (χ3n) is 2.40. The van der Waals surface area contributed by atoms with Crippen LogP contribution in [0.5, 0.6) is 0 Å². The maximum Gasteiger partial charge on any atom is 0.130 e. The van der Waals surface area contributed by atoms with Crippen molar-refractivity contribution in [3.05, 3.63) is 41.7 Å². The number of hydrogen-bond donors (Lipinski definition) is 1. The summed E-state index contributed by atoms with van der Waals surface area (Å²) in [6.07, 6.45) is 0. The van der Waals surface area contributed by atoms with Gasteiger partial charge in [-0.15, -0.1) is 0 Å². The largest absolute Gasteiger partial charge is 0.370 e. The summed E-state index contributed by atoms with van der Waals surface area (Å²) in [5.74, 6) is -0.249. The fourth-order valence-electron chi connectivity index (χ4n) is 1.80. The number of hydrogen-bond acceptors (Lipinski definition) is 2. The zero-order valence-electron chi connectivity index (χ0n) is 10.1. The molecule has 0 aliphatic rings. The molecule has 2 N–H and O–H groups in total. The van der Waals surface area contributed by atoms with E-state index in [2.05, 4.69) is 6.58 Å². The van der Waals surface area contributed by atoms with Crippen molar-refractivity contribution in [2.75, 3.05) is 18.5 Å². The summed E-state index contributed by atoms with van der Waals surface area (Å²) in [6, 6.07) is 4.70. The number of rotatable bonds is 4. The van der Waals surface area contributed by atoms with Crippen molar-refractivity contribution >= 4 is 5.69 Å². The van der Waals surface area contributed by atoms with Gasteiger partial charge in [-0.2, -0.15) is 0 Å². The summed E-state index contributed by atoms with van der Waals surface area (Å²) in [7, 11) is 1.91. The lowest BCUT2D eigenvalue weighted by atomic mass is 10.0. The Kier molecular flexibility index (Phi) is 4.07. The van der Waals surface area contributed by atoms with E-state index in [1.165, 1.54) is 6.07 Å². The maximum absolute atomic E-state index is 13.7. The lowest BCUT2D eigenvalue weighted by Crippen LogP contribution is -2.23. The molecule has 1 rings (SSSR count). The van der Waals surface area contributed by atoms with Gasteiger partial charge in [-0.1, -0.05) is 18.2 Å². The number of nitrogens with zero attached hydrogens (tertiary/aromatic N) is 1. The summed E-state index contributed by atoms with van der Waals surface area (Å²) < 4.78 is 13.7. The smallest absolute Gasteiger partial charge is 0.130 e. The molecule has 3 heteroatoms. The minimum atomic E-state index is -0.316. The number of anilines is 1. The third-order valence-corrected chi connectivity index (χ3v) is 2.40. The molecule has 2 nitrogen and oxygen atoms in total. The van der Waals surface area contributed by atoms with Crippen LogP contribution < -0.4 is 10.6 Å². The summed E-state index contributed by atoms with van der Waals surface area (Å²) in [5.41, 5.74) is 8.22. The molecule has 0 radical (unpaired) electrons. The molecule has 0 saturated heterocycles. The molecule has 1 unspecified atom stereocenters. The van der Waals surface area contributed by atoms with Crippen LogP contribution in [0.1, 0.15) is 25.5 Å². The topological polar surface area (TPSA) is 29.3 Å². The molecule has 1 aromatic carbocycles. The Morgan fingerprint density at radius 1 is 1.56 bits per heavy atom. The van der Waals surface area contributed by atoms with E-state index in [1.807, 2.05) is 24.9 Å². The van der Waals surface area contributed by atoms with Gasteiger partial charge in [-0.3, -0.25) is 0 Å². The first-order valence-corrected chi connectivity index (χ1v) is 5.33. The zero-order valence-corrected chi connectivity index (χ0v) is 10.1. The van der Waals surface area contributed by atoms with Crippen LogP contribution in [-0.2, 0) is 0 Å². The van der Waals surface area contributed by atoms with Crippen molar-refractivity contribution in [2.24, 2.45) is 5.73 Å². The van der Waals surface area contributed by atoms with Crippen molar-refractivity contribution in [1.82, 2.24) is 0 Å².